The molecule has 0 saturated carbocycles. The fourth-order valence-electron chi connectivity index (χ4n) is 2.85. The molecule has 0 radical (unpaired) electrons. The van der Waals surface area contributed by atoms with Gasteiger partial charge in [0.2, 0.25) is 0 Å². The van der Waals surface area contributed by atoms with Crippen LogP contribution in [-0.2, 0) is 19.7 Å². The maximum absolute atomic E-state index is 13.0. The Kier molecular flexibility index (Phi) is 7.49. The van der Waals surface area contributed by atoms with Crippen LogP contribution in [0.3, 0.4) is 0 Å². The number of halogens is 2. The monoisotopic (exact) mass is 459 g/mol. The summed E-state index contributed by atoms with van der Waals surface area (Å²) in [5.41, 5.74) is 3.12. The van der Waals surface area contributed by atoms with Gasteiger partial charge in [-0.3, -0.25) is 0 Å². The van der Waals surface area contributed by atoms with E-state index in [1.165, 1.54) is 17.7 Å². The van der Waals surface area contributed by atoms with E-state index in [1.807, 2.05) is 36.4 Å². The van der Waals surface area contributed by atoms with E-state index >= 15 is 0 Å². The summed E-state index contributed by atoms with van der Waals surface area (Å²) < 4.78 is 30.4. The van der Waals surface area contributed by atoms with E-state index < -0.39 is 0 Å². The second kappa shape index (κ2) is 10.3. The van der Waals surface area contributed by atoms with Gasteiger partial charge in [0, 0.05) is 13.1 Å². The van der Waals surface area contributed by atoms with Crippen molar-refractivity contribution in [2.24, 2.45) is 0 Å². The molecule has 4 nitrogen and oxygen atoms in total. The molecule has 0 heterocycles. The predicted octanol–water partition coefficient (Wildman–Crippen LogP) is 5.47. The molecule has 0 bridgehead atoms. The molecule has 3 rings (SSSR count). The SMILES string of the molecule is COc1ccc(CNCc2cc(Br)c(OCc3ccc(F)cc3)c(OC)c2)cc1. The van der Waals surface area contributed by atoms with Crippen molar-refractivity contribution in [3.63, 3.8) is 0 Å². The zero-order chi connectivity index (χ0) is 20.6. The molecule has 3 aromatic rings. The summed E-state index contributed by atoms with van der Waals surface area (Å²) in [6, 6.07) is 18.2. The van der Waals surface area contributed by atoms with E-state index in [-0.39, 0.29) is 5.82 Å². The van der Waals surface area contributed by atoms with Gasteiger partial charge < -0.3 is 19.5 Å². The van der Waals surface area contributed by atoms with Crippen LogP contribution in [0.25, 0.3) is 0 Å². The van der Waals surface area contributed by atoms with Gasteiger partial charge in [0.25, 0.3) is 0 Å². The third-order valence-corrected chi connectivity index (χ3v) is 4.99. The van der Waals surface area contributed by atoms with Crippen molar-refractivity contribution in [3.05, 3.63) is 87.6 Å². The molecule has 0 spiro atoms. The molecule has 0 fully saturated rings. The Bertz CT molecular complexity index is 930. The first-order valence-corrected chi connectivity index (χ1v) is 9.95. The summed E-state index contributed by atoms with van der Waals surface area (Å²) in [5.74, 6) is 1.84. The molecule has 0 unspecified atom stereocenters. The summed E-state index contributed by atoms with van der Waals surface area (Å²) in [7, 11) is 3.27. The maximum atomic E-state index is 13.0. The van der Waals surface area contributed by atoms with Crippen LogP contribution in [0, 0.1) is 5.82 Å². The second-order valence-electron chi connectivity index (χ2n) is 6.48. The Labute approximate surface area is 178 Å². The minimum absolute atomic E-state index is 0.265. The van der Waals surface area contributed by atoms with Gasteiger partial charge >= 0.3 is 0 Å². The summed E-state index contributed by atoms with van der Waals surface area (Å²) >= 11 is 3.57. The van der Waals surface area contributed by atoms with Crippen LogP contribution in [0.2, 0.25) is 0 Å². The Hall–Kier alpha value is -2.57. The summed E-state index contributed by atoms with van der Waals surface area (Å²) in [6.07, 6.45) is 0. The van der Waals surface area contributed by atoms with Gasteiger partial charge in [0.1, 0.15) is 18.2 Å². The Balaban J connectivity index is 1.61. The standard InChI is InChI=1S/C23H23BrFNO3/c1-27-20-9-5-16(6-10-20)13-26-14-18-11-21(24)23(22(12-18)28-2)29-15-17-3-7-19(25)8-4-17/h3-12,26H,13-15H2,1-2H3. The van der Waals surface area contributed by atoms with Crippen molar-refractivity contribution < 1.29 is 18.6 Å². The van der Waals surface area contributed by atoms with Crippen LogP contribution in [0.5, 0.6) is 17.2 Å². The molecular formula is C23H23BrFNO3. The third-order valence-electron chi connectivity index (χ3n) is 4.40. The predicted molar refractivity (Wildman–Crippen MR) is 115 cm³/mol. The average Bonchev–Trinajstić information content (AvgIpc) is 2.74. The minimum Gasteiger partial charge on any atom is -0.497 e. The van der Waals surface area contributed by atoms with Crippen molar-refractivity contribution in [2.75, 3.05) is 14.2 Å². The lowest BCUT2D eigenvalue weighted by Gasteiger charge is -2.15. The lowest BCUT2D eigenvalue weighted by atomic mass is 10.1. The Morgan fingerprint density at radius 3 is 2.14 bits per heavy atom. The van der Waals surface area contributed by atoms with Crippen molar-refractivity contribution in [3.8, 4) is 17.2 Å². The molecule has 0 aromatic heterocycles. The lowest BCUT2D eigenvalue weighted by Crippen LogP contribution is -2.13. The zero-order valence-corrected chi connectivity index (χ0v) is 18.0. The quantitative estimate of drug-likeness (QED) is 0.460. The third kappa shape index (κ3) is 5.95. The van der Waals surface area contributed by atoms with Crippen LogP contribution in [0.4, 0.5) is 4.39 Å². The van der Waals surface area contributed by atoms with Gasteiger partial charge in [-0.25, -0.2) is 4.39 Å². The van der Waals surface area contributed by atoms with Crippen LogP contribution in [-0.4, -0.2) is 14.2 Å². The van der Waals surface area contributed by atoms with Crippen molar-refractivity contribution >= 4 is 15.9 Å². The summed E-state index contributed by atoms with van der Waals surface area (Å²) in [4.78, 5) is 0. The Morgan fingerprint density at radius 2 is 1.48 bits per heavy atom. The van der Waals surface area contributed by atoms with Crippen LogP contribution in [0.15, 0.2) is 65.1 Å². The average molecular weight is 460 g/mol. The molecule has 3 aromatic carbocycles. The summed E-state index contributed by atoms with van der Waals surface area (Å²) in [5, 5.41) is 3.42. The Morgan fingerprint density at radius 1 is 0.828 bits per heavy atom. The first-order chi connectivity index (χ1) is 14.1. The van der Waals surface area contributed by atoms with E-state index in [9.17, 15) is 4.39 Å². The normalized spacial score (nSPS) is 10.6. The number of rotatable bonds is 9. The highest BCUT2D eigenvalue weighted by atomic mass is 79.9. The molecular weight excluding hydrogens is 437 g/mol. The van der Waals surface area contributed by atoms with Crippen LogP contribution < -0.4 is 19.5 Å². The summed E-state index contributed by atoms with van der Waals surface area (Å²) in [6.45, 7) is 1.75. The number of methoxy groups -OCH3 is 2. The minimum atomic E-state index is -0.265. The molecule has 0 saturated heterocycles. The van der Waals surface area contributed by atoms with E-state index in [0.29, 0.717) is 24.7 Å². The lowest BCUT2D eigenvalue weighted by molar-refractivity contribution is 0.282. The topological polar surface area (TPSA) is 39.7 Å². The van der Waals surface area contributed by atoms with E-state index in [1.54, 1.807) is 26.4 Å². The van der Waals surface area contributed by atoms with Gasteiger partial charge in [-0.15, -0.1) is 0 Å². The molecule has 152 valence electrons. The van der Waals surface area contributed by atoms with E-state index in [0.717, 1.165) is 27.9 Å². The number of hydrogen-bond acceptors (Lipinski definition) is 4. The van der Waals surface area contributed by atoms with Crippen molar-refractivity contribution in [1.29, 1.82) is 0 Å². The molecule has 0 atom stereocenters. The van der Waals surface area contributed by atoms with Crippen molar-refractivity contribution in [2.45, 2.75) is 19.7 Å². The van der Waals surface area contributed by atoms with Crippen molar-refractivity contribution in [1.82, 2.24) is 5.32 Å². The molecule has 0 amide bonds. The largest absolute Gasteiger partial charge is 0.497 e. The number of ether oxygens (including phenoxy) is 3. The highest BCUT2D eigenvalue weighted by Crippen LogP contribution is 2.37. The van der Waals surface area contributed by atoms with Crippen LogP contribution in [0.1, 0.15) is 16.7 Å². The smallest absolute Gasteiger partial charge is 0.175 e. The number of hydrogen-bond donors (Lipinski definition) is 1. The van der Waals surface area contributed by atoms with Gasteiger partial charge in [0.05, 0.1) is 18.7 Å². The molecule has 0 aliphatic rings. The van der Waals surface area contributed by atoms with Gasteiger partial charge in [0.15, 0.2) is 11.5 Å². The van der Waals surface area contributed by atoms with Gasteiger partial charge in [-0.1, -0.05) is 24.3 Å². The number of nitrogens with one attached hydrogen (secondary N) is 1. The zero-order valence-electron chi connectivity index (χ0n) is 16.4. The fourth-order valence-corrected chi connectivity index (χ4v) is 3.45. The van der Waals surface area contributed by atoms with Gasteiger partial charge in [-0.05, 0) is 69.0 Å². The molecule has 0 aliphatic carbocycles. The van der Waals surface area contributed by atoms with Crippen LogP contribution >= 0.6 is 15.9 Å². The molecule has 6 heteroatoms. The molecule has 1 N–H and O–H groups in total. The fraction of sp³-hybridized carbons (Fsp3) is 0.217. The molecule has 0 aliphatic heterocycles. The maximum Gasteiger partial charge on any atom is 0.175 e. The first kappa shape index (κ1) is 21.1. The van der Waals surface area contributed by atoms with Gasteiger partial charge in [-0.2, -0.15) is 0 Å². The molecule has 29 heavy (non-hydrogen) atoms. The highest BCUT2D eigenvalue weighted by molar-refractivity contribution is 9.10. The first-order valence-electron chi connectivity index (χ1n) is 9.16. The highest BCUT2D eigenvalue weighted by Gasteiger charge is 2.12. The second-order valence-corrected chi connectivity index (χ2v) is 7.33. The number of benzene rings is 3. The van der Waals surface area contributed by atoms with E-state index in [2.05, 4.69) is 21.2 Å². The van der Waals surface area contributed by atoms with E-state index in [4.69, 9.17) is 14.2 Å².